The van der Waals surface area contributed by atoms with Gasteiger partial charge in [-0.15, -0.1) is 0 Å². The molecule has 1 unspecified atom stereocenters. The molecule has 0 aromatic heterocycles. The molecule has 0 aliphatic heterocycles. The second kappa shape index (κ2) is 8.82. The topological polar surface area (TPSA) is 83.5 Å². The Balaban J connectivity index is 1.65. The Bertz CT molecular complexity index is 553. The van der Waals surface area contributed by atoms with E-state index in [1.54, 1.807) is 0 Å². The predicted octanol–water partition coefficient (Wildman–Crippen LogP) is 1.94. The van der Waals surface area contributed by atoms with Crippen LogP contribution in [0.15, 0.2) is 30.3 Å². The standard InChI is InChI=1S/C17H23NO4S/c19-16(14-6-8-15(9-7-14)17(20)21)18-10-11-23(22)12-13-4-2-1-3-5-13/h1-5,14-15H,6-12H2,(H,18,19)(H,20,21). The lowest BCUT2D eigenvalue weighted by molar-refractivity contribution is -0.144. The summed E-state index contributed by atoms with van der Waals surface area (Å²) in [7, 11) is -0.997. The number of carbonyl (C=O) groups excluding carboxylic acids is 1. The molecule has 126 valence electrons. The zero-order valence-corrected chi connectivity index (χ0v) is 13.9. The van der Waals surface area contributed by atoms with Crippen molar-refractivity contribution < 1.29 is 18.9 Å². The largest absolute Gasteiger partial charge is 0.481 e. The van der Waals surface area contributed by atoms with Crippen molar-refractivity contribution in [1.82, 2.24) is 5.32 Å². The lowest BCUT2D eigenvalue weighted by atomic mass is 9.81. The lowest BCUT2D eigenvalue weighted by Crippen LogP contribution is -2.36. The number of carbonyl (C=O) groups is 2. The molecule has 23 heavy (non-hydrogen) atoms. The number of carboxylic acids is 1. The van der Waals surface area contributed by atoms with Gasteiger partial charge in [0.1, 0.15) is 0 Å². The van der Waals surface area contributed by atoms with E-state index in [0.29, 0.717) is 43.7 Å². The van der Waals surface area contributed by atoms with Crippen LogP contribution in [0.2, 0.25) is 0 Å². The van der Waals surface area contributed by atoms with Crippen molar-refractivity contribution in [2.45, 2.75) is 31.4 Å². The zero-order chi connectivity index (χ0) is 16.7. The maximum absolute atomic E-state index is 12.1. The van der Waals surface area contributed by atoms with E-state index in [1.165, 1.54) is 0 Å². The van der Waals surface area contributed by atoms with E-state index < -0.39 is 16.8 Å². The zero-order valence-electron chi connectivity index (χ0n) is 13.1. The predicted molar refractivity (Wildman–Crippen MR) is 89.2 cm³/mol. The van der Waals surface area contributed by atoms with Gasteiger partial charge in [-0.3, -0.25) is 13.8 Å². The maximum atomic E-state index is 12.1. The Kier molecular flexibility index (Phi) is 6.77. The van der Waals surface area contributed by atoms with E-state index in [4.69, 9.17) is 5.11 Å². The summed E-state index contributed by atoms with van der Waals surface area (Å²) in [6, 6.07) is 9.64. The molecule has 2 rings (SSSR count). The van der Waals surface area contributed by atoms with Crippen LogP contribution in [-0.4, -0.2) is 33.5 Å². The molecule has 1 atom stereocenters. The van der Waals surface area contributed by atoms with Crippen LogP contribution in [0.3, 0.4) is 0 Å². The summed E-state index contributed by atoms with van der Waals surface area (Å²) in [4.78, 5) is 23.0. The lowest BCUT2D eigenvalue weighted by Gasteiger charge is -2.25. The number of carboxylic acid groups (broad SMARTS) is 1. The number of rotatable bonds is 7. The molecule has 1 aliphatic rings. The summed E-state index contributed by atoms with van der Waals surface area (Å²) in [6.45, 7) is 0.400. The van der Waals surface area contributed by atoms with Crippen LogP contribution in [0.5, 0.6) is 0 Å². The third-order valence-electron chi connectivity index (χ3n) is 4.25. The molecule has 1 aromatic carbocycles. The minimum atomic E-state index is -0.997. The number of hydrogen-bond donors (Lipinski definition) is 2. The molecule has 0 saturated heterocycles. The molecule has 1 aliphatic carbocycles. The number of nitrogens with one attached hydrogen (secondary N) is 1. The van der Waals surface area contributed by atoms with Crippen LogP contribution < -0.4 is 5.32 Å². The van der Waals surface area contributed by atoms with E-state index in [2.05, 4.69) is 5.32 Å². The molecule has 5 nitrogen and oxygen atoms in total. The Hall–Kier alpha value is -1.69. The summed E-state index contributed by atoms with van der Waals surface area (Å²) in [5.41, 5.74) is 1.03. The number of aliphatic carboxylic acids is 1. The fourth-order valence-electron chi connectivity index (χ4n) is 2.87. The van der Waals surface area contributed by atoms with Gasteiger partial charge >= 0.3 is 5.97 Å². The first kappa shape index (κ1) is 17.7. The summed E-state index contributed by atoms with van der Waals surface area (Å²) in [6.07, 6.45) is 2.37. The average Bonchev–Trinajstić information content (AvgIpc) is 2.55. The minimum absolute atomic E-state index is 0.0365. The van der Waals surface area contributed by atoms with Gasteiger partial charge in [0, 0.05) is 34.8 Å². The number of benzene rings is 1. The summed E-state index contributed by atoms with van der Waals surface area (Å²) < 4.78 is 12.0. The molecule has 0 spiro atoms. The van der Waals surface area contributed by atoms with E-state index >= 15 is 0 Å². The SMILES string of the molecule is O=C(O)C1CCC(C(=O)NCCS(=O)Cc2ccccc2)CC1. The second-order valence-electron chi connectivity index (χ2n) is 5.95. The summed E-state index contributed by atoms with van der Waals surface area (Å²) in [5, 5.41) is 11.8. The maximum Gasteiger partial charge on any atom is 0.306 e. The Labute approximate surface area is 138 Å². The molecule has 0 bridgehead atoms. The third-order valence-corrected chi connectivity index (χ3v) is 5.56. The highest BCUT2D eigenvalue weighted by atomic mass is 32.2. The second-order valence-corrected chi connectivity index (χ2v) is 7.53. The molecule has 6 heteroatoms. The fourth-order valence-corrected chi connectivity index (χ4v) is 3.91. The summed E-state index contributed by atoms with van der Waals surface area (Å²) >= 11 is 0. The van der Waals surface area contributed by atoms with Crippen molar-refractivity contribution in [3.8, 4) is 0 Å². The van der Waals surface area contributed by atoms with Crippen LogP contribution in [0, 0.1) is 11.8 Å². The molecule has 0 radical (unpaired) electrons. The van der Waals surface area contributed by atoms with Crippen molar-refractivity contribution in [1.29, 1.82) is 0 Å². The highest BCUT2D eigenvalue weighted by Gasteiger charge is 2.29. The van der Waals surface area contributed by atoms with Crippen molar-refractivity contribution in [2.75, 3.05) is 12.3 Å². The Morgan fingerprint density at radius 3 is 2.30 bits per heavy atom. The highest BCUT2D eigenvalue weighted by molar-refractivity contribution is 7.84. The quantitative estimate of drug-likeness (QED) is 0.796. The van der Waals surface area contributed by atoms with E-state index in [-0.39, 0.29) is 17.7 Å². The van der Waals surface area contributed by atoms with Gasteiger partial charge in [0.2, 0.25) is 5.91 Å². The van der Waals surface area contributed by atoms with Crippen molar-refractivity contribution in [2.24, 2.45) is 11.8 Å². The molecule has 2 N–H and O–H groups in total. The first-order valence-corrected chi connectivity index (χ1v) is 9.44. The Morgan fingerprint density at radius 1 is 1.09 bits per heavy atom. The first-order valence-electron chi connectivity index (χ1n) is 7.95. The molecular weight excluding hydrogens is 314 g/mol. The van der Waals surface area contributed by atoms with Crippen LogP contribution in [0.1, 0.15) is 31.2 Å². The van der Waals surface area contributed by atoms with Crippen LogP contribution in [0.25, 0.3) is 0 Å². The van der Waals surface area contributed by atoms with Gasteiger partial charge in [0.05, 0.1) is 5.92 Å². The molecule has 1 saturated carbocycles. The van der Waals surface area contributed by atoms with Crippen LogP contribution >= 0.6 is 0 Å². The van der Waals surface area contributed by atoms with Gasteiger partial charge in [0.25, 0.3) is 0 Å². The Morgan fingerprint density at radius 2 is 1.70 bits per heavy atom. The molecule has 1 fully saturated rings. The normalized spacial score (nSPS) is 22.3. The third kappa shape index (κ3) is 5.78. The van der Waals surface area contributed by atoms with Crippen LogP contribution in [-0.2, 0) is 26.1 Å². The van der Waals surface area contributed by atoms with Gasteiger partial charge in [-0.25, -0.2) is 0 Å². The fraction of sp³-hybridized carbons (Fsp3) is 0.529. The van der Waals surface area contributed by atoms with Crippen molar-refractivity contribution in [3.63, 3.8) is 0 Å². The van der Waals surface area contributed by atoms with Gasteiger partial charge in [-0.05, 0) is 31.2 Å². The molecule has 0 heterocycles. The van der Waals surface area contributed by atoms with E-state index in [1.807, 2.05) is 30.3 Å². The summed E-state index contributed by atoms with van der Waals surface area (Å²) in [5.74, 6) is -0.276. The number of amides is 1. The van der Waals surface area contributed by atoms with Gasteiger partial charge in [0.15, 0.2) is 0 Å². The smallest absolute Gasteiger partial charge is 0.306 e. The van der Waals surface area contributed by atoms with Crippen molar-refractivity contribution in [3.05, 3.63) is 35.9 Å². The minimum Gasteiger partial charge on any atom is -0.481 e. The van der Waals surface area contributed by atoms with Gasteiger partial charge in [-0.1, -0.05) is 30.3 Å². The van der Waals surface area contributed by atoms with Crippen molar-refractivity contribution >= 4 is 22.7 Å². The van der Waals surface area contributed by atoms with Crippen LogP contribution in [0.4, 0.5) is 0 Å². The van der Waals surface area contributed by atoms with Gasteiger partial charge < -0.3 is 10.4 Å². The highest BCUT2D eigenvalue weighted by Crippen LogP contribution is 2.28. The molecular formula is C17H23NO4S. The van der Waals surface area contributed by atoms with E-state index in [9.17, 15) is 13.8 Å². The monoisotopic (exact) mass is 337 g/mol. The molecule has 1 aromatic rings. The first-order chi connectivity index (χ1) is 11.1. The molecule has 1 amide bonds. The average molecular weight is 337 g/mol. The van der Waals surface area contributed by atoms with E-state index in [0.717, 1.165) is 5.56 Å². The van der Waals surface area contributed by atoms with Gasteiger partial charge in [-0.2, -0.15) is 0 Å². The number of hydrogen-bond acceptors (Lipinski definition) is 3.